The van der Waals surface area contributed by atoms with Crippen LogP contribution in [0.4, 0.5) is 0 Å². The van der Waals surface area contributed by atoms with Crippen LogP contribution in [-0.4, -0.2) is 9.97 Å². The molecule has 0 radical (unpaired) electrons. The summed E-state index contributed by atoms with van der Waals surface area (Å²) in [5.74, 6) is 0.649. The summed E-state index contributed by atoms with van der Waals surface area (Å²) >= 11 is 0. The van der Waals surface area contributed by atoms with Gasteiger partial charge >= 0.3 is 0 Å². The quantitative estimate of drug-likeness (QED) is 0.174. The Kier molecular flexibility index (Phi) is 6.62. The molecule has 0 aliphatic heterocycles. The number of hydrogen-bond acceptors (Lipinski definition) is 3. The molecular weight excluding hydrogens is 655 g/mol. The van der Waals surface area contributed by atoms with Gasteiger partial charge in [0.15, 0.2) is 5.82 Å². The Hall–Kier alpha value is -7.41. The Balaban J connectivity index is 1.22. The van der Waals surface area contributed by atoms with Gasteiger partial charge in [0.25, 0.3) is 0 Å². The summed E-state index contributed by atoms with van der Waals surface area (Å²) in [6.45, 7) is 0. The number of nitriles is 1. The fraction of sp³-hybridized carbons (Fsp3) is 0. The number of rotatable bonds is 4. The molecule has 11 aromatic rings. The molecule has 0 amide bonds. The zero-order chi connectivity index (χ0) is 35.8. The molecule has 0 unspecified atom stereocenters. The molecule has 0 aliphatic carbocycles. The summed E-state index contributed by atoms with van der Waals surface area (Å²) in [6.07, 6.45) is 0. The lowest BCUT2D eigenvalue weighted by Gasteiger charge is -2.17. The Morgan fingerprint density at radius 1 is 0.333 bits per heavy atom. The van der Waals surface area contributed by atoms with Gasteiger partial charge in [0.1, 0.15) is 0 Å². The number of benzene rings is 9. The number of fused-ring (bicyclic) bond motifs is 2. The van der Waals surface area contributed by atoms with Crippen LogP contribution in [0.2, 0.25) is 0 Å². The first-order valence-electron chi connectivity index (χ1n) is 18.2. The predicted octanol–water partition coefficient (Wildman–Crippen LogP) is 13.4. The third-order valence-corrected chi connectivity index (χ3v) is 11.0. The van der Waals surface area contributed by atoms with Crippen molar-refractivity contribution in [3.05, 3.63) is 181 Å². The van der Waals surface area contributed by atoms with E-state index in [1.807, 2.05) is 30.3 Å². The van der Waals surface area contributed by atoms with Crippen LogP contribution in [0, 0.1) is 11.3 Å². The molecule has 11 rings (SSSR count). The van der Waals surface area contributed by atoms with Crippen LogP contribution in [-0.2, 0) is 0 Å². The standard InChI is InChI=1S/C51H29N3/c52-30-31-15-17-34(18-16-31)45-29-46(54-51(53-45)38-24-19-33(20-25-38)32-7-2-1-3-8-32)40-27-39-26-23-37-10-5-13-42-41-12-4-9-35-21-22-36-11-6-14-43(49(36)47(35)41)44(28-40)50(39)48(37)42/h1-29H. The minimum Gasteiger partial charge on any atom is -0.228 e. The maximum absolute atomic E-state index is 9.51. The van der Waals surface area contributed by atoms with Gasteiger partial charge in [-0.05, 0) is 106 Å². The number of aromatic nitrogens is 2. The Morgan fingerprint density at radius 2 is 0.815 bits per heavy atom. The van der Waals surface area contributed by atoms with E-state index in [0.717, 1.165) is 39.2 Å². The first-order valence-corrected chi connectivity index (χ1v) is 18.2. The molecule has 248 valence electrons. The molecule has 0 saturated carbocycles. The second-order valence-electron chi connectivity index (χ2n) is 14.1. The van der Waals surface area contributed by atoms with Gasteiger partial charge in [0.2, 0.25) is 0 Å². The lowest BCUT2D eigenvalue weighted by Crippen LogP contribution is -1.96. The normalized spacial score (nSPS) is 11.7. The molecular formula is C51H29N3. The highest BCUT2D eigenvalue weighted by atomic mass is 14.9. The fourth-order valence-electron chi connectivity index (χ4n) is 8.46. The lowest BCUT2D eigenvalue weighted by molar-refractivity contribution is 1.18. The molecule has 0 spiro atoms. The van der Waals surface area contributed by atoms with E-state index in [-0.39, 0.29) is 0 Å². The van der Waals surface area contributed by atoms with Crippen LogP contribution in [0.15, 0.2) is 176 Å². The van der Waals surface area contributed by atoms with Crippen LogP contribution in [0.3, 0.4) is 0 Å². The minimum absolute atomic E-state index is 0.614. The summed E-state index contributed by atoms with van der Waals surface area (Å²) in [4.78, 5) is 10.4. The van der Waals surface area contributed by atoms with E-state index in [1.165, 1.54) is 64.6 Å². The zero-order valence-corrected chi connectivity index (χ0v) is 29.1. The van der Waals surface area contributed by atoms with Crippen LogP contribution >= 0.6 is 0 Å². The molecule has 54 heavy (non-hydrogen) atoms. The van der Waals surface area contributed by atoms with Crippen molar-refractivity contribution in [2.45, 2.75) is 0 Å². The van der Waals surface area contributed by atoms with E-state index in [0.29, 0.717) is 11.4 Å². The third-order valence-electron chi connectivity index (χ3n) is 11.0. The summed E-state index contributed by atoms with van der Waals surface area (Å²) in [6, 6.07) is 64.6. The highest BCUT2D eigenvalue weighted by Crippen LogP contribution is 2.44. The van der Waals surface area contributed by atoms with Crippen molar-refractivity contribution in [3.63, 3.8) is 0 Å². The van der Waals surface area contributed by atoms with E-state index in [4.69, 9.17) is 9.97 Å². The molecule has 0 N–H and O–H groups in total. The first kappa shape index (κ1) is 30.2. The van der Waals surface area contributed by atoms with Gasteiger partial charge in [-0.1, -0.05) is 146 Å². The lowest BCUT2D eigenvalue weighted by atomic mass is 9.87. The topological polar surface area (TPSA) is 49.6 Å². The van der Waals surface area contributed by atoms with Crippen molar-refractivity contribution < 1.29 is 0 Å². The van der Waals surface area contributed by atoms with Crippen molar-refractivity contribution in [2.24, 2.45) is 0 Å². The van der Waals surface area contributed by atoms with Crippen LogP contribution in [0.1, 0.15) is 5.56 Å². The monoisotopic (exact) mass is 683 g/mol. The Bertz CT molecular complexity index is 3300. The average molecular weight is 684 g/mol. The van der Waals surface area contributed by atoms with Crippen LogP contribution in [0.25, 0.3) is 110 Å². The van der Waals surface area contributed by atoms with E-state index < -0.39 is 0 Å². The summed E-state index contributed by atoms with van der Waals surface area (Å²) in [5, 5.41) is 24.4. The molecule has 0 bridgehead atoms. The molecule has 1 heterocycles. The van der Waals surface area contributed by atoms with E-state index in [2.05, 4.69) is 152 Å². The maximum Gasteiger partial charge on any atom is 0.160 e. The molecule has 1 aromatic heterocycles. The number of hydrogen-bond donors (Lipinski definition) is 0. The van der Waals surface area contributed by atoms with E-state index >= 15 is 0 Å². The van der Waals surface area contributed by atoms with Crippen LogP contribution < -0.4 is 0 Å². The molecule has 0 fully saturated rings. The molecule has 10 aromatic carbocycles. The fourth-order valence-corrected chi connectivity index (χ4v) is 8.46. The molecule has 0 aliphatic rings. The van der Waals surface area contributed by atoms with Gasteiger partial charge in [-0.2, -0.15) is 5.26 Å². The predicted molar refractivity (Wildman–Crippen MR) is 225 cm³/mol. The summed E-state index contributed by atoms with van der Waals surface area (Å²) < 4.78 is 0. The SMILES string of the molecule is N#Cc1ccc(-c2cc(-c3cc4ccc5cccc6c7cccc8ccc9cccc(c(c3)c4c56)c9c87)nc(-c3ccc(-c4ccccc4)cc3)n2)cc1. The first-order chi connectivity index (χ1) is 26.7. The average Bonchev–Trinajstić information content (AvgIpc) is 3.25. The van der Waals surface area contributed by atoms with Crippen molar-refractivity contribution in [1.82, 2.24) is 9.97 Å². The smallest absolute Gasteiger partial charge is 0.160 e. The summed E-state index contributed by atoms with van der Waals surface area (Å²) in [5.41, 5.74) is 7.44. The highest BCUT2D eigenvalue weighted by molar-refractivity contribution is 6.37. The van der Waals surface area contributed by atoms with Gasteiger partial charge in [-0.25, -0.2) is 9.97 Å². The van der Waals surface area contributed by atoms with Crippen molar-refractivity contribution in [2.75, 3.05) is 0 Å². The van der Waals surface area contributed by atoms with Gasteiger partial charge in [0, 0.05) is 16.7 Å². The second kappa shape index (κ2) is 11.8. The Labute approximate surface area is 311 Å². The largest absolute Gasteiger partial charge is 0.228 e. The van der Waals surface area contributed by atoms with Gasteiger partial charge < -0.3 is 0 Å². The summed E-state index contributed by atoms with van der Waals surface area (Å²) in [7, 11) is 0. The van der Waals surface area contributed by atoms with Crippen LogP contribution in [0.5, 0.6) is 0 Å². The van der Waals surface area contributed by atoms with Crippen molar-refractivity contribution >= 4 is 64.6 Å². The van der Waals surface area contributed by atoms with E-state index in [9.17, 15) is 5.26 Å². The van der Waals surface area contributed by atoms with Crippen molar-refractivity contribution in [1.29, 1.82) is 5.26 Å². The molecule has 3 nitrogen and oxygen atoms in total. The van der Waals surface area contributed by atoms with Gasteiger partial charge in [-0.15, -0.1) is 0 Å². The molecule has 3 heteroatoms. The second-order valence-corrected chi connectivity index (χ2v) is 14.1. The molecule has 0 atom stereocenters. The minimum atomic E-state index is 0.614. The zero-order valence-electron chi connectivity index (χ0n) is 29.1. The maximum atomic E-state index is 9.51. The van der Waals surface area contributed by atoms with Crippen molar-refractivity contribution in [3.8, 4) is 51.1 Å². The Morgan fingerprint density at radius 3 is 1.41 bits per heavy atom. The van der Waals surface area contributed by atoms with Gasteiger partial charge in [0.05, 0.1) is 23.0 Å². The molecule has 0 saturated heterocycles. The van der Waals surface area contributed by atoms with E-state index in [1.54, 1.807) is 0 Å². The van der Waals surface area contributed by atoms with Gasteiger partial charge in [-0.3, -0.25) is 0 Å². The highest BCUT2D eigenvalue weighted by Gasteiger charge is 2.18. The third kappa shape index (κ3) is 4.68. The number of nitrogens with zero attached hydrogens (tertiary/aromatic N) is 3.